The van der Waals surface area contributed by atoms with Crippen LogP contribution >= 0.6 is 0 Å². The molecule has 15 heavy (non-hydrogen) atoms. The van der Waals surface area contributed by atoms with Gasteiger partial charge in [0.25, 0.3) is 5.91 Å². The van der Waals surface area contributed by atoms with Gasteiger partial charge < -0.3 is 16.4 Å². The van der Waals surface area contributed by atoms with Crippen molar-refractivity contribution in [1.29, 1.82) is 0 Å². The lowest BCUT2D eigenvalue weighted by molar-refractivity contribution is 0.0959. The highest BCUT2D eigenvalue weighted by Crippen LogP contribution is 2.05. The van der Waals surface area contributed by atoms with Gasteiger partial charge in [-0.05, 0) is 6.92 Å². The van der Waals surface area contributed by atoms with E-state index in [1.54, 1.807) is 14.0 Å². The Hall–Kier alpha value is -2.11. The Kier molecular flexibility index (Phi) is 3.22. The van der Waals surface area contributed by atoms with E-state index in [4.69, 9.17) is 5.73 Å². The summed E-state index contributed by atoms with van der Waals surface area (Å²) in [4.78, 5) is 19.4. The Labute approximate surface area is 87.6 Å². The first-order chi connectivity index (χ1) is 7.04. The first-order valence-corrected chi connectivity index (χ1v) is 4.31. The topological polar surface area (TPSA) is 92.9 Å². The molecule has 1 heterocycles. The number of amides is 1. The molecule has 0 aromatic carbocycles. The summed E-state index contributed by atoms with van der Waals surface area (Å²) >= 11 is 0. The van der Waals surface area contributed by atoms with Crippen LogP contribution in [0.1, 0.15) is 16.2 Å². The molecule has 6 nitrogen and oxygen atoms in total. The summed E-state index contributed by atoms with van der Waals surface area (Å²) in [5.41, 5.74) is 6.26. The quantitative estimate of drug-likeness (QED) is 0.637. The standard InChI is InChI=1S/C9H13N5O/c1-5-4-12-8(10)7(13-5)9(15)14-6(2)11-3/h4,11H,2H2,1,3H3,(H2,10,12)(H,14,15). The van der Waals surface area contributed by atoms with Gasteiger partial charge in [-0.1, -0.05) is 6.58 Å². The lowest BCUT2D eigenvalue weighted by atomic mass is 10.3. The number of aryl methyl sites for hydroxylation is 1. The Bertz CT molecular complexity index is 401. The van der Waals surface area contributed by atoms with E-state index in [-0.39, 0.29) is 11.5 Å². The van der Waals surface area contributed by atoms with E-state index in [0.717, 1.165) is 0 Å². The maximum atomic E-state index is 11.6. The van der Waals surface area contributed by atoms with Crippen molar-refractivity contribution < 1.29 is 4.79 Å². The molecule has 1 amide bonds. The summed E-state index contributed by atoms with van der Waals surface area (Å²) in [6.07, 6.45) is 1.50. The third-order valence-corrected chi connectivity index (χ3v) is 1.70. The molecule has 0 aliphatic carbocycles. The predicted octanol–water partition coefficient (Wildman–Crippen LogP) is -0.212. The zero-order valence-electron chi connectivity index (χ0n) is 8.66. The fourth-order valence-corrected chi connectivity index (χ4v) is 0.912. The molecule has 0 aliphatic rings. The highest BCUT2D eigenvalue weighted by atomic mass is 16.2. The van der Waals surface area contributed by atoms with Crippen LogP contribution in [0, 0.1) is 6.92 Å². The average Bonchev–Trinajstić information content (AvgIpc) is 2.21. The summed E-state index contributed by atoms with van der Waals surface area (Å²) in [5, 5.41) is 5.17. The van der Waals surface area contributed by atoms with Crippen LogP contribution in [0.25, 0.3) is 0 Å². The Morgan fingerprint density at radius 3 is 2.87 bits per heavy atom. The average molecular weight is 207 g/mol. The van der Waals surface area contributed by atoms with Crippen LogP contribution in [-0.2, 0) is 0 Å². The summed E-state index contributed by atoms with van der Waals surface area (Å²) in [6, 6.07) is 0. The first-order valence-electron chi connectivity index (χ1n) is 4.31. The van der Waals surface area contributed by atoms with Gasteiger partial charge in [-0.15, -0.1) is 0 Å². The van der Waals surface area contributed by atoms with Crippen LogP contribution in [0.5, 0.6) is 0 Å². The van der Waals surface area contributed by atoms with E-state index in [2.05, 4.69) is 27.2 Å². The minimum atomic E-state index is -0.428. The van der Waals surface area contributed by atoms with E-state index in [1.165, 1.54) is 6.20 Å². The molecule has 4 N–H and O–H groups in total. The van der Waals surface area contributed by atoms with Crippen molar-refractivity contribution in [2.75, 3.05) is 12.8 Å². The minimum Gasteiger partial charge on any atom is -0.382 e. The highest BCUT2D eigenvalue weighted by molar-refractivity contribution is 5.97. The van der Waals surface area contributed by atoms with Crippen LogP contribution in [0.2, 0.25) is 0 Å². The molecule has 80 valence electrons. The van der Waals surface area contributed by atoms with Crippen molar-refractivity contribution in [3.8, 4) is 0 Å². The third kappa shape index (κ3) is 2.67. The van der Waals surface area contributed by atoms with Crippen molar-refractivity contribution >= 4 is 11.7 Å². The molecule has 0 unspecified atom stereocenters. The number of nitrogens with zero attached hydrogens (tertiary/aromatic N) is 2. The second-order valence-electron chi connectivity index (χ2n) is 2.93. The second kappa shape index (κ2) is 4.41. The lowest BCUT2D eigenvalue weighted by Gasteiger charge is -2.08. The van der Waals surface area contributed by atoms with Crippen molar-refractivity contribution in [3.05, 3.63) is 30.0 Å². The summed E-state index contributed by atoms with van der Waals surface area (Å²) in [5.74, 6) is 0.0489. The smallest absolute Gasteiger partial charge is 0.279 e. The summed E-state index contributed by atoms with van der Waals surface area (Å²) < 4.78 is 0. The molecular weight excluding hydrogens is 194 g/mol. The van der Waals surface area contributed by atoms with Gasteiger partial charge in [0.05, 0.1) is 17.7 Å². The van der Waals surface area contributed by atoms with Crippen LogP contribution in [0.15, 0.2) is 18.6 Å². The van der Waals surface area contributed by atoms with E-state index < -0.39 is 5.91 Å². The third-order valence-electron chi connectivity index (χ3n) is 1.70. The molecule has 0 saturated carbocycles. The van der Waals surface area contributed by atoms with E-state index in [9.17, 15) is 4.79 Å². The molecule has 0 atom stereocenters. The largest absolute Gasteiger partial charge is 0.382 e. The Morgan fingerprint density at radius 1 is 1.60 bits per heavy atom. The van der Waals surface area contributed by atoms with E-state index >= 15 is 0 Å². The van der Waals surface area contributed by atoms with Crippen molar-refractivity contribution in [2.45, 2.75) is 6.92 Å². The fourth-order valence-electron chi connectivity index (χ4n) is 0.912. The Morgan fingerprint density at radius 2 is 2.27 bits per heavy atom. The van der Waals surface area contributed by atoms with Crippen LogP contribution in [0.3, 0.4) is 0 Å². The molecule has 1 aromatic heterocycles. The monoisotopic (exact) mass is 207 g/mol. The van der Waals surface area contributed by atoms with Crippen molar-refractivity contribution in [1.82, 2.24) is 20.6 Å². The first kappa shape index (κ1) is 11.0. The van der Waals surface area contributed by atoms with E-state index in [0.29, 0.717) is 11.5 Å². The SMILES string of the molecule is C=C(NC)NC(=O)c1nc(C)cnc1N. The highest BCUT2D eigenvalue weighted by Gasteiger charge is 2.12. The number of rotatable bonds is 3. The maximum absolute atomic E-state index is 11.6. The van der Waals surface area contributed by atoms with Gasteiger partial charge in [0.1, 0.15) is 0 Å². The lowest BCUT2D eigenvalue weighted by Crippen LogP contribution is -2.30. The minimum absolute atomic E-state index is 0.0991. The van der Waals surface area contributed by atoms with Crippen LogP contribution in [-0.4, -0.2) is 22.9 Å². The molecule has 0 saturated heterocycles. The zero-order chi connectivity index (χ0) is 11.4. The molecular formula is C9H13N5O. The normalized spacial score (nSPS) is 9.47. The van der Waals surface area contributed by atoms with Gasteiger partial charge in [0, 0.05) is 7.05 Å². The van der Waals surface area contributed by atoms with Crippen molar-refractivity contribution in [3.63, 3.8) is 0 Å². The summed E-state index contributed by atoms with van der Waals surface area (Å²) in [7, 11) is 1.65. The molecule has 1 aromatic rings. The number of carbonyl (C=O) groups excluding carboxylic acids is 1. The number of hydrogen-bond acceptors (Lipinski definition) is 5. The molecule has 1 rings (SSSR count). The van der Waals surface area contributed by atoms with Gasteiger partial charge >= 0.3 is 0 Å². The number of hydrogen-bond donors (Lipinski definition) is 3. The molecule has 0 bridgehead atoms. The number of aromatic nitrogens is 2. The fraction of sp³-hybridized carbons (Fsp3) is 0.222. The number of anilines is 1. The summed E-state index contributed by atoms with van der Waals surface area (Å²) in [6.45, 7) is 5.29. The molecule has 0 spiro atoms. The number of nitrogens with one attached hydrogen (secondary N) is 2. The van der Waals surface area contributed by atoms with Gasteiger partial charge in [0.2, 0.25) is 0 Å². The van der Waals surface area contributed by atoms with Gasteiger partial charge in [-0.25, -0.2) is 9.97 Å². The van der Waals surface area contributed by atoms with E-state index in [1.807, 2.05) is 0 Å². The van der Waals surface area contributed by atoms with Crippen molar-refractivity contribution in [2.24, 2.45) is 0 Å². The molecule has 6 heteroatoms. The van der Waals surface area contributed by atoms with Gasteiger partial charge in [-0.2, -0.15) is 0 Å². The van der Waals surface area contributed by atoms with Gasteiger partial charge in [-0.3, -0.25) is 4.79 Å². The predicted molar refractivity (Wildman–Crippen MR) is 56.8 cm³/mol. The molecule has 0 aliphatic heterocycles. The van der Waals surface area contributed by atoms with Crippen LogP contribution in [0.4, 0.5) is 5.82 Å². The second-order valence-corrected chi connectivity index (χ2v) is 2.93. The Balaban J connectivity index is 2.91. The number of nitrogen functional groups attached to an aromatic ring is 1. The molecule has 0 radical (unpaired) electrons. The molecule has 0 fully saturated rings. The number of nitrogens with two attached hydrogens (primary N) is 1. The van der Waals surface area contributed by atoms with Gasteiger partial charge in [0.15, 0.2) is 11.5 Å². The number of carbonyl (C=O) groups is 1. The maximum Gasteiger partial charge on any atom is 0.279 e. The van der Waals surface area contributed by atoms with Crippen LogP contribution < -0.4 is 16.4 Å². The zero-order valence-corrected chi connectivity index (χ0v) is 8.66.